The Hall–Kier alpha value is -3.77. The smallest absolute Gasteiger partial charge is 0.410 e. The highest BCUT2D eigenvalue weighted by atomic mass is 35.5. The number of benzene rings is 2. The zero-order valence-corrected chi connectivity index (χ0v) is 47.6. The van der Waals surface area contributed by atoms with Crippen molar-refractivity contribution in [1.82, 2.24) is 30.7 Å². The van der Waals surface area contributed by atoms with Gasteiger partial charge in [-0.25, -0.2) is 4.79 Å². The minimum absolute atomic E-state index is 0. The van der Waals surface area contributed by atoms with Crippen molar-refractivity contribution >= 4 is 42.7 Å². The van der Waals surface area contributed by atoms with Crippen LogP contribution in [0.5, 0.6) is 23.0 Å². The topological polar surface area (TPSA) is 162 Å². The van der Waals surface area contributed by atoms with E-state index in [9.17, 15) is 14.4 Å². The molecule has 0 bridgehead atoms. The second kappa shape index (κ2) is 32.0. The first-order valence-corrected chi connectivity index (χ1v) is 26.5. The third-order valence-electron chi connectivity index (χ3n) is 13.5. The van der Waals surface area contributed by atoms with Gasteiger partial charge in [-0.2, -0.15) is 0 Å². The van der Waals surface area contributed by atoms with Gasteiger partial charge in [-0.1, -0.05) is 0 Å². The number of piperidine rings is 2. The molecule has 0 unspecified atom stereocenters. The van der Waals surface area contributed by atoms with E-state index in [1.807, 2.05) is 67.5 Å². The first kappa shape index (κ1) is 63.5. The van der Waals surface area contributed by atoms with E-state index in [0.29, 0.717) is 79.2 Å². The molecule has 0 spiro atoms. The number of likely N-dealkylation sites (tertiary alicyclic amines) is 1. The molecule has 4 aliphatic rings. The van der Waals surface area contributed by atoms with Crippen LogP contribution in [0.4, 0.5) is 4.79 Å². The van der Waals surface area contributed by atoms with Gasteiger partial charge in [-0.15, -0.1) is 24.8 Å². The SMILES string of the molecule is COCCCOc1cc(C(=O)N(C(C)C)[C@@H]2CC[C@H](CCNC3CC3)N(C(=O)OC(C)(C)C)C2)ccc1OC.COCCCOc1cc(C(=O)N(C(C)C)[C@@H]2CC[C@H](CCNC3CC3)NC2)ccc1OC.Cl.Cl. The van der Waals surface area contributed by atoms with Crippen molar-refractivity contribution in [3.63, 3.8) is 0 Å². The lowest BCUT2D eigenvalue weighted by molar-refractivity contribution is -0.00786. The normalized spacial score (nSPS) is 19.7. The Morgan fingerprint density at radius 2 is 1.12 bits per heavy atom. The zero-order valence-electron chi connectivity index (χ0n) is 46.0. The molecule has 2 aromatic carbocycles. The van der Waals surface area contributed by atoms with Crippen molar-refractivity contribution in [3.05, 3.63) is 47.5 Å². The van der Waals surface area contributed by atoms with Crippen LogP contribution in [0, 0.1) is 0 Å². The molecule has 2 saturated carbocycles. The van der Waals surface area contributed by atoms with Crippen molar-refractivity contribution in [2.24, 2.45) is 0 Å². The summed E-state index contributed by atoms with van der Waals surface area (Å²) < 4.78 is 38.7. The predicted molar refractivity (Wildman–Crippen MR) is 293 cm³/mol. The van der Waals surface area contributed by atoms with Crippen LogP contribution in [0.2, 0.25) is 0 Å². The van der Waals surface area contributed by atoms with E-state index >= 15 is 0 Å². The Morgan fingerprint density at radius 1 is 0.644 bits per heavy atom. The lowest BCUT2D eigenvalue weighted by Gasteiger charge is -2.45. The standard InChI is InChI=1S/C30H49N3O6.C25H41N3O4.2ClH/c1-21(2)33(28(34)22-9-14-26(37-7)27(19-22)38-18-8-17-36-6)25-13-12-24(15-16-31-23-10-11-23)32(20-25)29(35)39-30(3,4)5;1-18(2)28(22-10-9-21(27-17-22)12-13-26-20-7-8-20)25(29)19-6-11-23(31-4)24(16-19)32-15-5-14-30-3;;/h9,14,19,21,23-25,31H,8,10-13,15-18,20H2,1-7H3;6,11,16,18,20-22,26-27H,5,7-10,12-15,17H2,1-4H3;2*1H/t24-,25-;21-,22-;;/m11../s1. The van der Waals surface area contributed by atoms with Crippen LogP contribution >= 0.6 is 24.8 Å². The first-order chi connectivity index (χ1) is 34.1. The van der Waals surface area contributed by atoms with Crippen molar-refractivity contribution in [2.75, 3.05) is 81.0 Å². The van der Waals surface area contributed by atoms with E-state index in [-0.39, 0.29) is 72.9 Å². The summed E-state index contributed by atoms with van der Waals surface area (Å²) in [5.41, 5.74) is 0.583. The molecular formula is C55H92Cl2N6O10. The third-order valence-corrected chi connectivity index (χ3v) is 13.5. The zero-order chi connectivity index (χ0) is 51.5. The lowest BCUT2D eigenvalue weighted by atomic mass is 9.94. The second-order valence-electron chi connectivity index (χ2n) is 21.1. The summed E-state index contributed by atoms with van der Waals surface area (Å²) >= 11 is 0. The van der Waals surface area contributed by atoms with Crippen molar-refractivity contribution in [2.45, 2.75) is 179 Å². The summed E-state index contributed by atoms with van der Waals surface area (Å²) in [5, 5.41) is 10.8. The molecule has 2 saturated heterocycles. The van der Waals surface area contributed by atoms with E-state index in [4.69, 9.17) is 33.2 Å². The number of rotatable bonds is 26. The van der Waals surface area contributed by atoms with Crippen molar-refractivity contribution in [3.8, 4) is 23.0 Å². The Labute approximate surface area is 450 Å². The highest BCUT2D eigenvalue weighted by Gasteiger charge is 2.39. The van der Waals surface area contributed by atoms with E-state index in [2.05, 4.69) is 29.8 Å². The molecule has 2 aliphatic heterocycles. The lowest BCUT2D eigenvalue weighted by Crippen LogP contribution is -2.57. The number of amides is 3. The monoisotopic (exact) mass is 1070 g/mol. The van der Waals surface area contributed by atoms with Gasteiger partial charge in [0, 0.05) is 107 Å². The van der Waals surface area contributed by atoms with E-state index in [1.54, 1.807) is 46.6 Å². The number of hydrogen-bond donors (Lipinski definition) is 3. The third kappa shape index (κ3) is 20.7. The van der Waals surface area contributed by atoms with E-state index < -0.39 is 5.60 Å². The second-order valence-corrected chi connectivity index (χ2v) is 21.1. The highest BCUT2D eigenvalue weighted by molar-refractivity contribution is 5.96. The number of halogens is 2. The number of hydrogen-bond acceptors (Lipinski definition) is 13. The predicted octanol–water partition coefficient (Wildman–Crippen LogP) is 8.94. The van der Waals surface area contributed by atoms with Gasteiger partial charge < -0.3 is 63.8 Å². The Bertz CT molecular complexity index is 1940. The van der Waals surface area contributed by atoms with Gasteiger partial charge in [0.1, 0.15) is 5.60 Å². The van der Waals surface area contributed by atoms with Gasteiger partial charge in [0.25, 0.3) is 11.8 Å². The fourth-order valence-corrected chi connectivity index (χ4v) is 9.51. The van der Waals surface area contributed by atoms with Gasteiger partial charge in [-0.3, -0.25) is 9.59 Å². The minimum atomic E-state index is -0.586. The Balaban J connectivity index is 0.000000382. The van der Waals surface area contributed by atoms with Gasteiger partial charge in [0.05, 0.1) is 33.5 Å². The maximum absolute atomic E-state index is 13.9. The summed E-state index contributed by atoms with van der Waals surface area (Å²) in [6.45, 7) is 19.3. The molecule has 3 N–H and O–H groups in total. The summed E-state index contributed by atoms with van der Waals surface area (Å²) in [5.74, 6) is 2.31. The summed E-state index contributed by atoms with van der Waals surface area (Å²) in [6.07, 6.45) is 12.1. The Kier molecular flexibility index (Phi) is 27.8. The van der Waals surface area contributed by atoms with E-state index in [0.717, 1.165) is 77.0 Å². The molecule has 0 aromatic heterocycles. The molecule has 2 heterocycles. The molecule has 4 fully saturated rings. The van der Waals surface area contributed by atoms with Gasteiger partial charge in [0.15, 0.2) is 23.0 Å². The maximum atomic E-state index is 13.9. The molecule has 6 rings (SSSR count). The first-order valence-electron chi connectivity index (χ1n) is 26.5. The molecule has 16 nitrogen and oxygen atoms in total. The fraction of sp³-hybridized carbons (Fsp3) is 0.727. The summed E-state index contributed by atoms with van der Waals surface area (Å²) in [6, 6.07) is 12.9. The molecule has 18 heteroatoms. The van der Waals surface area contributed by atoms with Crippen LogP contribution < -0.4 is 34.9 Å². The average molecular weight is 1070 g/mol. The molecule has 73 heavy (non-hydrogen) atoms. The number of carbonyl (C=O) groups is 3. The van der Waals surface area contributed by atoms with Crippen LogP contribution in [0.25, 0.3) is 0 Å². The molecule has 0 radical (unpaired) electrons. The fourth-order valence-electron chi connectivity index (χ4n) is 9.51. The van der Waals surface area contributed by atoms with Crippen LogP contribution in [-0.4, -0.2) is 168 Å². The van der Waals surface area contributed by atoms with Gasteiger partial charge >= 0.3 is 6.09 Å². The molecule has 416 valence electrons. The summed E-state index contributed by atoms with van der Waals surface area (Å²) in [4.78, 5) is 46.5. The molecule has 2 aromatic rings. The van der Waals surface area contributed by atoms with Crippen LogP contribution in [-0.2, 0) is 14.2 Å². The largest absolute Gasteiger partial charge is 0.493 e. The number of ether oxygens (including phenoxy) is 7. The molecule has 4 atom stereocenters. The maximum Gasteiger partial charge on any atom is 0.410 e. The van der Waals surface area contributed by atoms with Crippen LogP contribution in [0.15, 0.2) is 36.4 Å². The van der Waals surface area contributed by atoms with Crippen molar-refractivity contribution in [1.29, 1.82) is 0 Å². The average Bonchev–Trinajstić information content (AvgIpc) is 4.30. The van der Waals surface area contributed by atoms with Crippen LogP contribution in [0.3, 0.4) is 0 Å². The molecule has 3 amide bonds. The number of nitrogens with one attached hydrogen (secondary N) is 3. The quantitative estimate of drug-likeness (QED) is 0.0767. The minimum Gasteiger partial charge on any atom is -0.493 e. The van der Waals surface area contributed by atoms with Gasteiger partial charge in [0.2, 0.25) is 0 Å². The number of nitrogens with zero attached hydrogens (tertiary/aromatic N) is 3. The van der Waals surface area contributed by atoms with Crippen molar-refractivity contribution < 1.29 is 47.5 Å². The van der Waals surface area contributed by atoms with Gasteiger partial charge in [-0.05, 0) is 162 Å². The summed E-state index contributed by atoms with van der Waals surface area (Å²) in [7, 11) is 6.53. The highest BCUT2D eigenvalue weighted by Crippen LogP contribution is 2.33. The van der Waals surface area contributed by atoms with Crippen LogP contribution in [0.1, 0.15) is 146 Å². The number of carbonyl (C=O) groups excluding carboxylic acids is 3. The number of methoxy groups -OCH3 is 4. The molecule has 2 aliphatic carbocycles. The van der Waals surface area contributed by atoms with E-state index in [1.165, 1.54) is 25.7 Å². The molecular weight excluding hydrogens is 976 g/mol. The Morgan fingerprint density at radius 3 is 1.55 bits per heavy atom.